The smallest absolute Gasteiger partial charge is 0.338 e. The van der Waals surface area contributed by atoms with Gasteiger partial charge in [-0.25, -0.2) is 14.2 Å². The summed E-state index contributed by atoms with van der Waals surface area (Å²) in [5.41, 5.74) is 2.25. The zero-order valence-corrected chi connectivity index (χ0v) is 22.8. The molecule has 7 nitrogen and oxygen atoms in total. The van der Waals surface area contributed by atoms with Gasteiger partial charge in [0.25, 0.3) is 0 Å². The molecule has 1 aliphatic heterocycles. The van der Waals surface area contributed by atoms with Crippen molar-refractivity contribution < 1.29 is 23.5 Å². The maximum Gasteiger partial charge on any atom is 0.338 e. The summed E-state index contributed by atoms with van der Waals surface area (Å²) < 4.78 is 19.5. The molecule has 0 bridgehead atoms. The summed E-state index contributed by atoms with van der Waals surface area (Å²) in [4.78, 5) is 44.3. The standard InChI is InChI=1S/C27H23FIN3O4S/c1-2-36-26(35)18-5-11-22(12-6-18)31-27-32(16-17-3-7-19(28)8-4-17)24(33)15-23(37-27)25(34)30-21-13-9-20(29)10-14-21/h3-14,23H,2,15-16H2,1H3,(H,30,34). The molecule has 4 rings (SSSR count). The number of carbonyl (C=O) groups is 3. The van der Waals surface area contributed by atoms with E-state index in [1.807, 2.05) is 12.1 Å². The maximum absolute atomic E-state index is 13.4. The summed E-state index contributed by atoms with van der Waals surface area (Å²) in [5, 5.41) is 2.52. The maximum atomic E-state index is 13.4. The predicted octanol–water partition coefficient (Wildman–Crippen LogP) is 5.77. The third-order valence-corrected chi connectivity index (χ3v) is 7.31. The van der Waals surface area contributed by atoms with E-state index < -0.39 is 11.2 Å². The van der Waals surface area contributed by atoms with E-state index in [2.05, 4.69) is 32.9 Å². The normalized spacial score (nSPS) is 16.5. The number of nitrogens with one attached hydrogen (secondary N) is 1. The Morgan fingerprint density at radius 1 is 1.08 bits per heavy atom. The lowest BCUT2D eigenvalue weighted by Gasteiger charge is -2.32. The van der Waals surface area contributed by atoms with Gasteiger partial charge in [-0.05, 0) is 95.7 Å². The first-order chi connectivity index (χ1) is 17.8. The third-order valence-electron chi connectivity index (χ3n) is 5.40. The van der Waals surface area contributed by atoms with E-state index in [0.717, 1.165) is 9.13 Å². The van der Waals surface area contributed by atoms with Gasteiger partial charge in [-0.3, -0.25) is 14.5 Å². The molecule has 1 saturated heterocycles. The molecule has 10 heteroatoms. The van der Waals surface area contributed by atoms with Gasteiger partial charge in [-0.1, -0.05) is 23.9 Å². The molecule has 0 aromatic heterocycles. The fourth-order valence-electron chi connectivity index (χ4n) is 3.52. The summed E-state index contributed by atoms with van der Waals surface area (Å²) in [6.07, 6.45) is -0.0110. The van der Waals surface area contributed by atoms with Crippen molar-refractivity contribution in [1.29, 1.82) is 0 Å². The number of halogens is 2. The molecule has 1 atom stereocenters. The number of hydrogen-bond acceptors (Lipinski definition) is 6. The van der Waals surface area contributed by atoms with Crippen molar-refractivity contribution in [3.63, 3.8) is 0 Å². The second kappa shape index (κ2) is 12.3. The third kappa shape index (κ3) is 7.16. The molecule has 1 heterocycles. The van der Waals surface area contributed by atoms with Crippen molar-refractivity contribution in [2.24, 2.45) is 4.99 Å². The van der Waals surface area contributed by atoms with E-state index in [4.69, 9.17) is 4.74 Å². The minimum atomic E-state index is -0.686. The van der Waals surface area contributed by atoms with Crippen LogP contribution in [-0.2, 0) is 20.9 Å². The monoisotopic (exact) mass is 631 g/mol. The molecule has 0 spiro atoms. The molecular weight excluding hydrogens is 608 g/mol. The summed E-state index contributed by atoms with van der Waals surface area (Å²) in [6, 6.07) is 19.7. The van der Waals surface area contributed by atoms with Crippen LogP contribution >= 0.6 is 34.4 Å². The van der Waals surface area contributed by atoms with Crippen LogP contribution in [-0.4, -0.2) is 39.7 Å². The predicted molar refractivity (Wildman–Crippen MR) is 150 cm³/mol. The number of benzene rings is 3. The molecule has 1 unspecified atom stereocenters. The first-order valence-electron chi connectivity index (χ1n) is 11.5. The van der Waals surface area contributed by atoms with E-state index in [1.165, 1.54) is 28.8 Å². The van der Waals surface area contributed by atoms with Crippen molar-refractivity contribution >= 4 is 68.7 Å². The highest BCUT2D eigenvalue weighted by Crippen LogP contribution is 2.31. The molecular formula is C27H23FIN3O4S. The number of esters is 1. The number of anilines is 1. The van der Waals surface area contributed by atoms with Crippen LogP contribution in [0.5, 0.6) is 0 Å². The first-order valence-corrected chi connectivity index (χ1v) is 13.4. The Morgan fingerprint density at radius 2 is 1.76 bits per heavy atom. The van der Waals surface area contributed by atoms with Gasteiger partial charge < -0.3 is 10.1 Å². The number of amides is 2. The van der Waals surface area contributed by atoms with Crippen LogP contribution in [0, 0.1) is 9.39 Å². The molecule has 190 valence electrons. The zero-order valence-electron chi connectivity index (χ0n) is 19.8. The zero-order chi connectivity index (χ0) is 26.4. The topological polar surface area (TPSA) is 88.1 Å². The van der Waals surface area contributed by atoms with Gasteiger partial charge in [0.15, 0.2) is 5.17 Å². The number of carbonyl (C=O) groups excluding carboxylic acids is 3. The van der Waals surface area contributed by atoms with Crippen LogP contribution in [0.1, 0.15) is 29.3 Å². The molecule has 0 saturated carbocycles. The van der Waals surface area contributed by atoms with E-state index in [1.54, 1.807) is 55.5 Å². The van der Waals surface area contributed by atoms with Crippen LogP contribution in [0.25, 0.3) is 0 Å². The van der Waals surface area contributed by atoms with Crippen molar-refractivity contribution in [2.75, 3.05) is 11.9 Å². The van der Waals surface area contributed by atoms with Crippen LogP contribution < -0.4 is 5.32 Å². The average Bonchev–Trinajstić information content (AvgIpc) is 2.89. The molecule has 3 aromatic rings. The number of nitrogens with zero attached hydrogens (tertiary/aromatic N) is 2. The molecule has 3 aromatic carbocycles. The van der Waals surface area contributed by atoms with E-state index in [9.17, 15) is 18.8 Å². The number of rotatable bonds is 7. The largest absolute Gasteiger partial charge is 0.462 e. The van der Waals surface area contributed by atoms with Gasteiger partial charge >= 0.3 is 5.97 Å². The Kier molecular flexibility index (Phi) is 8.93. The van der Waals surface area contributed by atoms with Crippen molar-refractivity contribution in [3.8, 4) is 0 Å². The summed E-state index contributed by atoms with van der Waals surface area (Å²) in [6.45, 7) is 2.18. The lowest BCUT2D eigenvalue weighted by molar-refractivity contribution is -0.129. The van der Waals surface area contributed by atoms with Crippen LogP contribution in [0.15, 0.2) is 77.8 Å². The van der Waals surface area contributed by atoms with E-state index in [0.29, 0.717) is 22.1 Å². The highest BCUT2D eigenvalue weighted by molar-refractivity contribution is 14.1. The van der Waals surface area contributed by atoms with Gasteiger partial charge in [-0.2, -0.15) is 0 Å². The lowest BCUT2D eigenvalue weighted by atomic mass is 10.2. The molecule has 1 aliphatic rings. The minimum absolute atomic E-state index is 0.0110. The highest BCUT2D eigenvalue weighted by Gasteiger charge is 2.36. The second-order valence-electron chi connectivity index (χ2n) is 8.07. The van der Waals surface area contributed by atoms with E-state index in [-0.39, 0.29) is 37.2 Å². The molecule has 0 aliphatic carbocycles. The van der Waals surface area contributed by atoms with Crippen molar-refractivity contribution in [1.82, 2.24) is 4.90 Å². The van der Waals surface area contributed by atoms with Gasteiger partial charge in [-0.15, -0.1) is 0 Å². The Balaban J connectivity index is 1.59. The first kappa shape index (κ1) is 26.8. The number of amidine groups is 1. The Morgan fingerprint density at radius 3 is 2.41 bits per heavy atom. The lowest BCUT2D eigenvalue weighted by Crippen LogP contribution is -2.44. The molecule has 1 fully saturated rings. The van der Waals surface area contributed by atoms with Crippen LogP contribution in [0.2, 0.25) is 0 Å². The van der Waals surface area contributed by atoms with Gasteiger partial charge in [0.05, 0.1) is 24.4 Å². The fraction of sp³-hybridized carbons (Fsp3) is 0.185. The number of thioether (sulfide) groups is 1. The van der Waals surface area contributed by atoms with Crippen LogP contribution in [0.4, 0.5) is 15.8 Å². The molecule has 0 radical (unpaired) electrons. The summed E-state index contributed by atoms with van der Waals surface area (Å²) in [5.74, 6) is -1.38. The number of hydrogen-bond donors (Lipinski definition) is 1. The van der Waals surface area contributed by atoms with Gasteiger partial charge in [0, 0.05) is 15.7 Å². The second-order valence-corrected chi connectivity index (χ2v) is 10.5. The van der Waals surface area contributed by atoms with Gasteiger partial charge in [0.1, 0.15) is 11.1 Å². The molecule has 37 heavy (non-hydrogen) atoms. The fourth-order valence-corrected chi connectivity index (χ4v) is 4.98. The average molecular weight is 631 g/mol. The van der Waals surface area contributed by atoms with Crippen LogP contribution in [0.3, 0.4) is 0 Å². The van der Waals surface area contributed by atoms with Gasteiger partial charge in [0.2, 0.25) is 11.8 Å². The molecule has 2 amide bonds. The number of aliphatic imine (C=N–C) groups is 1. The summed E-state index contributed by atoms with van der Waals surface area (Å²) >= 11 is 3.37. The minimum Gasteiger partial charge on any atom is -0.462 e. The van der Waals surface area contributed by atoms with E-state index >= 15 is 0 Å². The summed E-state index contributed by atoms with van der Waals surface area (Å²) in [7, 11) is 0. The Labute approximate surface area is 231 Å². The SMILES string of the molecule is CCOC(=O)c1ccc(N=C2SC(C(=O)Nc3ccc(I)cc3)CC(=O)N2Cc2ccc(F)cc2)cc1. The number of ether oxygens (including phenoxy) is 1. The molecule has 1 N–H and O–H groups in total. The Hall–Kier alpha value is -3.25. The highest BCUT2D eigenvalue weighted by atomic mass is 127. The Bertz CT molecular complexity index is 1310. The van der Waals surface area contributed by atoms with Crippen molar-refractivity contribution in [3.05, 3.63) is 93.3 Å². The van der Waals surface area contributed by atoms with Crippen molar-refractivity contribution in [2.45, 2.75) is 25.1 Å². The quantitative estimate of drug-likeness (QED) is 0.265.